The van der Waals surface area contributed by atoms with Crippen molar-refractivity contribution in [1.82, 2.24) is 0 Å². The van der Waals surface area contributed by atoms with Crippen molar-refractivity contribution in [3.63, 3.8) is 0 Å². The fourth-order valence-corrected chi connectivity index (χ4v) is 2.93. The number of rotatable bonds is 11. The third-order valence-corrected chi connectivity index (χ3v) is 4.50. The fourth-order valence-electron chi connectivity index (χ4n) is 2.66. The first-order valence-electron chi connectivity index (χ1n) is 9.07. The first-order valence-corrected chi connectivity index (χ1v) is 9.51. The molecule has 0 aliphatic rings. The highest BCUT2D eigenvalue weighted by atomic mass is 35.5. The van der Waals surface area contributed by atoms with E-state index in [4.69, 9.17) is 16.3 Å². The first-order chi connectivity index (χ1) is 11.0. The highest BCUT2D eigenvalue weighted by Crippen LogP contribution is 2.26. The maximum absolute atomic E-state index is 6.54. The van der Waals surface area contributed by atoms with Crippen molar-refractivity contribution in [3.8, 4) is 0 Å². The number of benzene rings is 1. The Morgan fingerprint density at radius 2 is 1.96 bits per heavy atom. The molecule has 23 heavy (non-hydrogen) atoms. The van der Waals surface area contributed by atoms with Gasteiger partial charge in [-0.3, -0.25) is 0 Å². The zero-order chi connectivity index (χ0) is 17.2. The lowest BCUT2D eigenvalue weighted by Gasteiger charge is -2.21. The van der Waals surface area contributed by atoms with Crippen LogP contribution in [0, 0.1) is 6.92 Å². The van der Waals surface area contributed by atoms with E-state index < -0.39 is 0 Å². The van der Waals surface area contributed by atoms with Gasteiger partial charge in [-0.05, 0) is 43.7 Å². The van der Waals surface area contributed by atoms with Crippen LogP contribution in [0.4, 0.5) is 5.69 Å². The molecule has 1 N–H and O–H groups in total. The molecule has 0 aliphatic carbocycles. The summed E-state index contributed by atoms with van der Waals surface area (Å²) in [6.45, 7) is 12.6. The Hall–Kier alpha value is -0.730. The summed E-state index contributed by atoms with van der Waals surface area (Å²) in [5.74, 6) is 0.506. The number of halogens is 1. The van der Waals surface area contributed by atoms with Gasteiger partial charge in [-0.15, -0.1) is 11.6 Å². The molecule has 3 heteroatoms. The van der Waals surface area contributed by atoms with Crippen LogP contribution in [0.15, 0.2) is 18.2 Å². The van der Waals surface area contributed by atoms with Gasteiger partial charge in [-0.1, -0.05) is 51.8 Å². The van der Waals surface area contributed by atoms with Crippen LogP contribution < -0.4 is 5.32 Å². The molecule has 0 fully saturated rings. The molecule has 0 amide bonds. The number of ether oxygens (including phenoxy) is 1. The summed E-state index contributed by atoms with van der Waals surface area (Å²) >= 11 is 6.54. The van der Waals surface area contributed by atoms with Crippen molar-refractivity contribution in [2.75, 3.05) is 18.5 Å². The highest BCUT2D eigenvalue weighted by Gasteiger charge is 2.14. The van der Waals surface area contributed by atoms with E-state index in [0.29, 0.717) is 5.92 Å². The van der Waals surface area contributed by atoms with E-state index in [1.807, 2.05) is 0 Å². The number of nitrogens with one attached hydrogen (secondary N) is 1. The van der Waals surface area contributed by atoms with E-state index in [0.717, 1.165) is 32.4 Å². The molecule has 0 saturated carbocycles. The topological polar surface area (TPSA) is 21.3 Å². The van der Waals surface area contributed by atoms with Gasteiger partial charge in [0.1, 0.15) is 0 Å². The summed E-state index contributed by atoms with van der Waals surface area (Å²) < 4.78 is 5.92. The van der Waals surface area contributed by atoms with Gasteiger partial charge in [0.05, 0.1) is 11.5 Å². The van der Waals surface area contributed by atoms with Crippen LogP contribution in [0.25, 0.3) is 0 Å². The lowest BCUT2D eigenvalue weighted by atomic mass is 9.99. The summed E-state index contributed by atoms with van der Waals surface area (Å²) in [4.78, 5) is 0. The van der Waals surface area contributed by atoms with Crippen molar-refractivity contribution >= 4 is 17.3 Å². The zero-order valence-electron chi connectivity index (χ0n) is 15.5. The van der Waals surface area contributed by atoms with E-state index in [-0.39, 0.29) is 11.5 Å². The molecule has 2 unspecified atom stereocenters. The summed E-state index contributed by atoms with van der Waals surface area (Å²) in [5, 5.41) is 3.62. The van der Waals surface area contributed by atoms with E-state index >= 15 is 0 Å². The summed E-state index contributed by atoms with van der Waals surface area (Å²) in [5.41, 5.74) is 3.87. The number of hydrogen-bond donors (Lipinski definition) is 1. The molecule has 1 aromatic carbocycles. The minimum absolute atomic E-state index is 0.0860. The van der Waals surface area contributed by atoms with Crippen LogP contribution >= 0.6 is 11.6 Å². The third-order valence-electron chi connectivity index (χ3n) is 4.17. The van der Waals surface area contributed by atoms with Crippen LogP contribution in [0.1, 0.15) is 70.4 Å². The SMILES string of the molecule is CCCCOC(CC)CC(Cl)CNc1ccc(C)cc1C(C)C. The van der Waals surface area contributed by atoms with Crippen LogP contribution in [0.5, 0.6) is 0 Å². The molecule has 2 nitrogen and oxygen atoms in total. The largest absolute Gasteiger partial charge is 0.383 e. The minimum Gasteiger partial charge on any atom is -0.383 e. The maximum atomic E-state index is 6.54. The minimum atomic E-state index is 0.0860. The van der Waals surface area contributed by atoms with Gasteiger partial charge in [-0.25, -0.2) is 0 Å². The second kappa shape index (κ2) is 10.9. The molecule has 1 aromatic rings. The standard InChI is InChI=1S/C20H34ClNO/c1-6-8-11-23-18(7-2)13-17(21)14-22-20-10-9-16(5)12-19(20)15(3)4/h9-10,12,15,17-18,22H,6-8,11,13-14H2,1-5H3. The van der Waals surface area contributed by atoms with Gasteiger partial charge in [0.2, 0.25) is 0 Å². The van der Waals surface area contributed by atoms with Crippen LogP contribution in [0.2, 0.25) is 0 Å². The monoisotopic (exact) mass is 339 g/mol. The molecule has 0 bridgehead atoms. The molecule has 132 valence electrons. The zero-order valence-corrected chi connectivity index (χ0v) is 16.2. The van der Waals surface area contributed by atoms with Crippen molar-refractivity contribution in [2.45, 2.75) is 77.7 Å². The molecule has 0 spiro atoms. The second-order valence-electron chi connectivity index (χ2n) is 6.71. The molecule has 1 rings (SSSR count). The highest BCUT2D eigenvalue weighted by molar-refractivity contribution is 6.20. The van der Waals surface area contributed by atoms with Gasteiger partial charge in [-0.2, -0.15) is 0 Å². The quantitative estimate of drug-likeness (QED) is 0.387. The predicted octanol–water partition coefficient (Wildman–Crippen LogP) is 6.12. The smallest absolute Gasteiger partial charge is 0.0587 e. The van der Waals surface area contributed by atoms with Gasteiger partial charge >= 0.3 is 0 Å². The average molecular weight is 340 g/mol. The lowest BCUT2D eigenvalue weighted by molar-refractivity contribution is 0.0431. The Balaban J connectivity index is 2.50. The van der Waals surface area contributed by atoms with Crippen LogP contribution in [-0.2, 0) is 4.74 Å². The van der Waals surface area contributed by atoms with E-state index in [9.17, 15) is 0 Å². The summed E-state index contributed by atoms with van der Waals surface area (Å²) in [7, 11) is 0. The van der Waals surface area contributed by atoms with Gasteiger partial charge in [0.15, 0.2) is 0 Å². The van der Waals surface area contributed by atoms with Crippen molar-refractivity contribution in [1.29, 1.82) is 0 Å². The van der Waals surface area contributed by atoms with Gasteiger partial charge in [0, 0.05) is 18.8 Å². The Morgan fingerprint density at radius 3 is 2.57 bits per heavy atom. The number of unbranched alkanes of at least 4 members (excludes halogenated alkanes) is 1. The van der Waals surface area contributed by atoms with Crippen molar-refractivity contribution < 1.29 is 4.74 Å². The molecule has 0 radical (unpaired) electrons. The molecule has 2 atom stereocenters. The number of alkyl halides is 1. The molecule has 0 heterocycles. The van der Waals surface area contributed by atoms with E-state index in [1.165, 1.54) is 23.2 Å². The van der Waals surface area contributed by atoms with E-state index in [1.54, 1.807) is 0 Å². The fraction of sp³-hybridized carbons (Fsp3) is 0.700. The summed E-state index contributed by atoms with van der Waals surface area (Å²) in [6, 6.07) is 6.59. The third kappa shape index (κ3) is 7.58. The predicted molar refractivity (Wildman–Crippen MR) is 103 cm³/mol. The Kier molecular flexibility index (Phi) is 9.66. The Bertz CT molecular complexity index is 447. The van der Waals surface area contributed by atoms with Crippen LogP contribution in [0.3, 0.4) is 0 Å². The second-order valence-corrected chi connectivity index (χ2v) is 7.33. The molecule has 0 saturated heterocycles. The molecular weight excluding hydrogens is 306 g/mol. The number of anilines is 1. The molecule has 0 aliphatic heterocycles. The van der Waals surface area contributed by atoms with Crippen molar-refractivity contribution in [2.24, 2.45) is 0 Å². The normalized spacial score (nSPS) is 14.0. The average Bonchev–Trinajstić information content (AvgIpc) is 2.52. The van der Waals surface area contributed by atoms with Crippen LogP contribution in [-0.4, -0.2) is 24.6 Å². The van der Waals surface area contributed by atoms with Gasteiger partial charge < -0.3 is 10.1 Å². The summed E-state index contributed by atoms with van der Waals surface area (Å²) in [6.07, 6.45) is 4.50. The number of aryl methyl sites for hydroxylation is 1. The number of hydrogen-bond acceptors (Lipinski definition) is 2. The lowest BCUT2D eigenvalue weighted by Crippen LogP contribution is -2.23. The Morgan fingerprint density at radius 1 is 1.22 bits per heavy atom. The first kappa shape index (κ1) is 20.3. The van der Waals surface area contributed by atoms with E-state index in [2.05, 4.69) is 58.1 Å². The molecule has 0 aromatic heterocycles. The molecular formula is C20H34ClNO. The maximum Gasteiger partial charge on any atom is 0.0587 e. The van der Waals surface area contributed by atoms with Gasteiger partial charge in [0.25, 0.3) is 0 Å². The van der Waals surface area contributed by atoms with Crippen molar-refractivity contribution in [3.05, 3.63) is 29.3 Å². The Labute approximate surface area is 148 Å².